The van der Waals surface area contributed by atoms with Crippen molar-refractivity contribution in [2.45, 2.75) is 31.4 Å². The van der Waals surface area contributed by atoms with Gasteiger partial charge < -0.3 is 5.73 Å². The van der Waals surface area contributed by atoms with E-state index in [4.69, 9.17) is 5.73 Å². The van der Waals surface area contributed by atoms with Crippen molar-refractivity contribution in [2.24, 2.45) is 11.1 Å². The van der Waals surface area contributed by atoms with Crippen molar-refractivity contribution >= 4 is 15.9 Å². The number of hydrogen-bond acceptors (Lipinski definition) is 3. The van der Waals surface area contributed by atoms with Crippen molar-refractivity contribution in [1.29, 1.82) is 0 Å². The van der Waals surface area contributed by atoms with E-state index in [2.05, 4.69) is 0 Å². The maximum Gasteiger partial charge on any atom is 0.218 e. The lowest BCUT2D eigenvalue weighted by Crippen LogP contribution is -2.58. The van der Waals surface area contributed by atoms with Crippen LogP contribution in [0.4, 0.5) is 0 Å². The molecule has 86 valence electrons. The average Bonchev–Trinajstić information content (AvgIpc) is 2.79. The Bertz CT molecular complexity index is 380. The second kappa shape index (κ2) is 3.18. The maximum atomic E-state index is 11.8. The van der Waals surface area contributed by atoms with Crippen LogP contribution in [0, 0.1) is 5.41 Å². The Morgan fingerprint density at radius 1 is 1.47 bits per heavy atom. The highest BCUT2D eigenvalue weighted by atomic mass is 32.2. The van der Waals surface area contributed by atoms with Crippen molar-refractivity contribution in [3.8, 4) is 0 Å². The molecule has 0 bridgehead atoms. The van der Waals surface area contributed by atoms with E-state index in [9.17, 15) is 13.2 Å². The van der Waals surface area contributed by atoms with Gasteiger partial charge >= 0.3 is 0 Å². The SMILES string of the molecule is CC1(CC(N)=O)CN(S(=O)(=O)C2CC2)C1. The maximum absolute atomic E-state index is 11.8. The number of amides is 1. The molecule has 2 rings (SSSR count). The van der Waals surface area contributed by atoms with Crippen LogP contribution in [-0.2, 0) is 14.8 Å². The molecule has 2 N–H and O–H groups in total. The summed E-state index contributed by atoms with van der Waals surface area (Å²) in [5, 5.41) is -0.157. The molecule has 0 aromatic heterocycles. The largest absolute Gasteiger partial charge is 0.370 e. The van der Waals surface area contributed by atoms with Crippen LogP contribution in [0.1, 0.15) is 26.2 Å². The number of sulfonamides is 1. The van der Waals surface area contributed by atoms with Crippen LogP contribution in [0.2, 0.25) is 0 Å². The predicted molar refractivity (Wildman–Crippen MR) is 55.4 cm³/mol. The van der Waals surface area contributed by atoms with Crippen molar-refractivity contribution in [1.82, 2.24) is 4.31 Å². The number of nitrogens with zero attached hydrogens (tertiary/aromatic N) is 1. The van der Waals surface area contributed by atoms with Gasteiger partial charge in [0.1, 0.15) is 0 Å². The summed E-state index contributed by atoms with van der Waals surface area (Å²) in [5.41, 5.74) is 4.87. The number of carbonyl (C=O) groups is 1. The third kappa shape index (κ3) is 2.01. The fourth-order valence-electron chi connectivity index (χ4n) is 2.09. The van der Waals surface area contributed by atoms with E-state index >= 15 is 0 Å². The molecule has 0 aromatic rings. The summed E-state index contributed by atoms with van der Waals surface area (Å²) in [6.07, 6.45) is 1.83. The van der Waals surface area contributed by atoms with Crippen molar-refractivity contribution in [2.75, 3.05) is 13.1 Å². The van der Waals surface area contributed by atoms with Gasteiger partial charge in [0.2, 0.25) is 15.9 Å². The van der Waals surface area contributed by atoms with Crippen molar-refractivity contribution in [3.05, 3.63) is 0 Å². The summed E-state index contributed by atoms with van der Waals surface area (Å²) in [4.78, 5) is 10.8. The van der Waals surface area contributed by atoms with Gasteiger partial charge in [0, 0.05) is 24.9 Å². The first-order valence-electron chi connectivity index (χ1n) is 5.11. The molecule has 0 atom stereocenters. The summed E-state index contributed by atoms with van der Waals surface area (Å²) in [5.74, 6) is -0.360. The van der Waals surface area contributed by atoms with Gasteiger partial charge in [0.25, 0.3) is 0 Å². The van der Waals surface area contributed by atoms with E-state index in [0.29, 0.717) is 13.1 Å². The van der Waals surface area contributed by atoms with Crippen molar-refractivity contribution in [3.63, 3.8) is 0 Å². The van der Waals surface area contributed by atoms with Crippen LogP contribution < -0.4 is 5.73 Å². The first-order valence-corrected chi connectivity index (χ1v) is 6.61. The molecule has 2 fully saturated rings. The first-order chi connectivity index (χ1) is 6.83. The topological polar surface area (TPSA) is 80.5 Å². The molecule has 1 saturated carbocycles. The first kappa shape index (κ1) is 10.9. The normalized spacial score (nSPS) is 25.9. The molecule has 15 heavy (non-hydrogen) atoms. The molecule has 1 aliphatic heterocycles. The second-order valence-electron chi connectivity index (χ2n) is 4.97. The fourth-order valence-corrected chi connectivity index (χ4v) is 4.23. The van der Waals surface area contributed by atoms with Gasteiger partial charge in [-0.05, 0) is 12.8 Å². The van der Waals surface area contributed by atoms with E-state index in [-0.39, 0.29) is 23.0 Å². The van der Waals surface area contributed by atoms with Gasteiger partial charge in [-0.3, -0.25) is 4.79 Å². The van der Waals surface area contributed by atoms with E-state index in [0.717, 1.165) is 12.8 Å². The lowest BCUT2D eigenvalue weighted by atomic mass is 9.81. The zero-order chi connectivity index (χ0) is 11.3. The number of primary amides is 1. The Hall–Kier alpha value is -0.620. The molecule has 0 spiro atoms. The summed E-state index contributed by atoms with van der Waals surface area (Å²) < 4.78 is 25.0. The average molecular weight is 232 g/mol. The molecular formula is C9H16N2O3S. The Morgan fingerprint density at radius 3 is 2.40 bits per heavy atom. The molecule has 2 aliphatic rings. The minimum atomic E-state index is -3.05. The molecule has 0 unspecified atom stereocenters. The lowest BCUT2D eigenvalue weighted by Gasteiger charge is -2.46. The molecule has 0 aromatic carbocycles. The van der Waals surface area contributed by atoms with Gasteiger partial charge in [-0.15, -0.1) is 0 Å². The predicted octanol–water partition coefficient (Wildman–Crippen LogP) is -0.324. The number of rotatable bonds is 4. The van der Waals surface area contributed by atoms with Gasteiger partial charge in [-0.1, -0.05) is 6.92 Å². The van der Waals surface area contributed by atoms with Gasteiger partial charge in [0.05, 0.1) is 5.25 Å². The standard InChI is InChI=1S/C9H16N2O3S/c1-9(4-8(10)12)5-11(6-9)15(13,14)7-2-3-7/h7H,2-6H2,1H3,(H2,10,12). The van der Waals surface area contributed by atoms with Crippen LogP contribution >= 0.6 is 0 Å². The van der Waals surface area contributed by atoms with E-state index < -0.39 is 10.0 Å². The molecule has 0 radical (unpaired) electrons. The lowest BCUT2D eigenvalue weighted by molar-refractivity contribution is -0.121. The minimum absolute atomic E-state index is 0.157. The van der Waals surface area contributed by atoms with Gasteiger partial charge in [0.15, 0.2) is 0 Å². The zero-order valence-electron chi connectivity index (χ0n) is 8.77. The van der Waals surface area contributed by atoms with Crippen LogP contribution in [0.5, 0.6) is 0 Å². The third-order valence-corrected chi connectivity index (χ3v) is 5.31. The van der Waals surface area contributed by atoms with Gasteiger partial charge in [-0.25, -0.2) is 12.7 Å². The van der Waals surface area contributed by atoms with E-state index in [1.807, 2.05) is 6.92 Å². The Balaban J connectivity index is 1.95. The second-order valence-corrected chi connectivity index (χ2v) is 7.18. The summed E-state index contributed by atoms with van der Waals surface area (Å²) in [6, 6.07) is 0. The van der Waals surface area contributed by atoms with E-state index in [1.165, 1.54) is 4.31 Å². The quantitative estimate of drug-likeness (QED) is 0.721. The summed E-state index contributed by atoms with van der Waals surface area (Å²) >= 11 is 0. The Kier molecular flexibility index (Phi) is 2.31. The monoisotopic (exact) mass is 232 g/mol. The van der Waals surface area contributed by atoms with Gasteiger partial charge in [-0.2, -0.15) is 0 Å². The highest BCUT2D eigenvalue weighted by molar-refractivity contribution is 7.90. The number of carbonyl (C=O) groups excluding carboxylic acids is 1. The third-order valence-electron chi connectivity index (χ3n) is 3.02. The minimum Gasteiger partial charge on any atom is -0.370 e. The van der Waals surface area contributed by atoms with Crippen LogP contribution in [0.25, 0.3) is 0 Å². The van der Waals surface area contributed by atoms with E-state index in [1.54, 1.807) is 0 Å². The Morgan fingerprint density at radius 2 is 2.00 bits per heavy atom. The highest BCUT2D eigenvalue weighted by Crippen LogP contribution is 2.40. The molecule has 1 heterocycles. The molecule has 6 heteroatoms. The molecular weight excluding hydrogens is 216 g/mol. The molecule has 5 nitrogen and oxygen atoms in total. The van der Waals surface area contributed by atoms with Crippen LogP contribution in [0.3, 0.4) is 0 Å². The molecule has 1 aliphatic carbocycles. The van der Waals surface area contributed by atoms with Crippen LogP contribution in [-0.4, -0.2) is 37.0 Å². The number of nitrogens with two attached hydrogens (primary N) is 1. The Labute approximate surface area is 89.7 Å². The molecule has 1 saturated heterocycles. The molecule has 1 amide bonds. The zero-order valence-corrected chi connectivity index (χ0v) is 9.59. The highest BCUT2D eigenvalue weighted by Gasteiger charge is 2.50. The van der Waals surface area contributed by atoms with Crippen molar-refractivity contribution < 1.29 is 13.2 Å². The summed E-state index contributed by atoms with van der Waals surface area (Å²) in [6.45, 7) is 2.78. The number of hydrogen-bond donors (Lipinski definition) is 1. The van der Waals surface area contributed by atoms with Crippen LogP contribution in [0.15, 0.2) is 0 Å². The summed E-state index contributed by atoms with van der Waals surface area (Å²) in [7, 11) is -3.05. The fraction of sp³-hybridized carbons (Fsp3) is 0.889. The smallest absolute Gasteiger partial charge is 0.218 e.